The Morgan fingerprint density at radius 3 is 2.47 bits per heavy atom. The zero-order valence-electron chi connectivity index (χ0n) is 10.4. The highest BCUT2D eigenvalue weighted by Gasteiger charge is 2.26. The van der Waals surface area contributed by atoms with Crippen LogP contribution in [-0.2, 0) is 17.6 Å². The minimum absolute atomic E-state index is 0.0324. The molecule has 2 N–H and O–H groups in total. The van der Waals surface area contributed by atoms with Gasteiger partial charge < -0.3 is 10.6 Å². The highest BCUT2D eigenvalue weighted by Crippen LogP contribution is 2.11. The summed E-state index contributed by atoms with van der Waals surface area (Å²) in [5, 5.41) is 0. The molecule has 2 rings (SSSR count). The average molecular weight is 232 g/mol. The van der Waals surface area contributed by atoms with Crippen LogP contribution in [0.4, 0.5) is 0 Å². The zero-order chi connectivity index (χ0) is 12.3. The normalized spacial score (nSPS) is 20.0. The first-order chi connectivity index (χ1) is 8.19. The number of benzene rings is 1. The van der Waals surface area contributed by atoms with Crippen molar-refractivity contribution in [3.8, 4) is 0 Å². The van der Waals surface area contributed by atoms with Crippen LogP contribution in [0.2, 0.25) is 0 Å². The van der Waals surface area contributed by atoms with Gasteiger partial charge in [0.25, 0.3) is 0 Å². The molecule has 1 fully saturated rings. The van der Waals surface area contributed by atoms with Gasteiger partial charge in [-0.25, -0.2) is 0 Å². The van der Waals surface area contributed by atoms with Gasteiger partial charge in [0.05, 0.1) is 0 Å². The number of nitrogens with zero attached hydrogens (tertiary/aromatic N) is 1. The fourth-order valence-corrected chi connectivity index (χ4v) is 2.22. The summed E-state index contributed by atoms with van der Waals surface area (Å²) in [6.07, 6.45) is 2.50. The first-order valence-corrected chi connectivity index (χ1v) is 6.30. The number of rotatable bonds is 4. The largest absolute Gasteiger partial charge is 0.341 e. The van der Waals surface area contributed by atoms with Gasteiger partial charge in [0, 0.05) is 25.6 Å². The summed E-state index contributed by atoms with van der Waals surface area (Å²) in [4.78, 5) is 13.4. The Morgan fingerprint density at radius 2 is 1.94 bits per heavy atom. The van der Waals surface area contributed by atoms with Crippen LogP contribution in [0.5, 0.6) is 0 Å². The van der Waals surface area contributed by atoms with E-state index in [9.17, 15) is 4.79 Å². The second-order valence-corrected chi connectivity index (χ2v) is 4.72. The molecule has 1 aliphatic rings. The molecule has 0 aromatic heterocycles. The van der Waals surface area contributed by atoms with Gasteiger partial charge in [0.15, 0.2) is 0 Å². The maximum absolute atomic E-state index is 11.6. The first kappa shape index (κ1) is 12.1. The molecular weight excluding hydrogens is 212 g/mol. The average Bonchev–Trinajstić information content (AvgIpc) is 2.66. The van der Waals surface area contributed by atoms with Crippen molar-refractivity contribution in [1.82, 2.24) is 4.90 Å². The third-order valence-corrected chi connectivity index (χ3v) is 3.35. The Balaban J connectivity index is 1.87. The van der Waals surface area contributed by atoms with E-state index in [2.05, 4.69) is 31.2 Å². The predicted octanol–water partition coefficient (Wildman–Crippen LogP) is 1.35. The molecular formula is C14H20N2O. The van der Waals surface area contributed by atoms with E-state index in [4.69, 9.17) is 5.73 Å². The van der Waals surface area contributed by atoms with Gasteiger partial charge in [-0.15, -0.1) is 0 Å². The SMILES string of the molecule is CCc1ccc(CCN2CC(N)CC2=O)cc1. The molecule has 92 valence electrons. The molecule has 0 bridgehead atoms. The molecule has 3 nitrogen and oxygen atoms in total. The standard InChI is InChI=1S/C14H20N2O/c1-2-11-3-5-12(6-4-11)7-8-16-10-13(15)9-14(16)17/h3-6,13H,2,7-10,15H2,1H3. The number of nitrogens with two attached hydrogens (primary N) is 1. The summed E-state index contributed by atoms with van der Waals surface area (Å²) in [7, 11) is 0. The number of likely N-dealkylation sites (tertiary alicyclic amines) is 1. The lowest BCUT2D eigenvalue weighted by Gasteiger charge is -2.15. The molecule has 1 saturated heterocycles. The van der Waals surface area contributed by atoms with Crippen molar-refractivity contribution in [3.05, 3.63) is 35.4 Å². The quantitative estimate of drug-likeness (QED) is 0.851. The van der Waals surface area contributed by atoms with Gasteiger partial charge in [-0.1, -0.05) is 31.2 Å². The number of amides is 1. The van der Waals surface area contributed by atoms with Crippen LogP contribution >= 0.6 is 0 Å². The van der Waals surface area contributed by atoms with Gasteiger partial charge >= 0.3 is 0 Å². The highest BCUT2D eigenvalue weighted by molar-refractivity contribution is 5.79. The maximum atomic E-state index is 11.6. The summed E-state index contributed by atoms with van der Waals surface area (Å²) in [5.74, 6) is 0.197. The lowest BCUT2D eigenvalue weighted by Crippen LogP contribution is -2.30. The molecule has 17 heavy (non-hydrogen) atoms. The monoisotopic (exact) mass is 232 g/mol. The number of carbonyl (C=O) groups excluding carboxylic acids is 1. The van der Waals surface area contributed by atoms with E-state index in [-0.39, 0.29) is 11.9 Å². The van der Waals surface area contributed by atoms with E-state index >= 15 is 0 Å². The molecule has 1 aromatic carbocycles. The van der Waals surface area contributed by atoms with Crippen LogP contribution in [0.15, 0.2) is 24.3 Å². The zero-order valence-corrected chi connectivity index (χ0v) is 10.4. The molecule has 1 aromatic rings. The topological polar surface area (TPSA) is 46.3 Å². The lowest BCUT2D eigenvalue weighted by atomic mass is 10.1. The third-order valence-electron chi connectivity index (χ3n) is 3.35. The van der Waals surface area contributed by atoms with Crippen LogP contribution in [0.3, 0.4) is 0 Å². The Morgan fingerprint density at radius 1 is 1.29 bits per heavy atom. The summed E-state index contributed by atoms with van der Waals surface area (Å²) >= 11 is 0. The molecule has 0 aliphatic carbocycles. The van der Waals surface area contributed by atoms with Crippen LogP contribution in [0, 0.1) is 0 Å². The summed E-state index contributed by atoms with van der Waals surface area (Å²) in [5.41, 5.74) is 8.40. The van der Waals surface area contributed by atoms with E-state index in [0.717, 1.165) is 19.4 Å². The molecule has 0 radical (unpaired) electrons. The third kappa shape index (κ3) is 3.07. The summed E-state index contributed by atoms with van der Waals surface area (Å²) in [6, 6.07) is 8.66. The number of aryl methyl sites for hydroxylation is 1. The van der Waals surface area contributed by atoms with Crippen LogP contribution in [0.1, 0.15) is 24.5 Å². The fourth-order valence-electron chi connectivity index (χ4n) is 2.22. The Kier molecular flexibility index (Phi) is 3.79. The molecule has 1 amide bonds. The second kappa shape index (κ2) is 5.32. The Labute approximate surface area is 103 Å². The van der Waals surface area contributed by atoms with E-state index in [1.165, 1.54) is 11.1 Å². The van der Waals surface area contributed by atoms with Crippen molar-refractivity contribution >= 4 is 5.91 Å². The molecule has 0 saturated carbocycles. The summed E-state index contributed by atoms with van der Waals surface area (Å²) in [6.45, 7) is 3.66. The fraction of sp³-hybridized carbons (Fsp3) is 0.500. The number of carbonyl (C=O) groups is 1. The first-order valence-electron chi connectivity index (χ1n) is 6.30. The van der Waals surface area contributed by atoms with E-state index in [1.54, 1.807) is 0 Å². The molecule has 1 unspecified atom stereocenters. The lowest BCUT2D eigenvalue weighted by molar-refractivity contribution is -0.127. The van der Waals surface area contributed by atoms with E-state index in [0.29, 0.717) is 13.0 Å². The minimum atomic E-state index is 0.0324. The Hall–Kier alpha value is -1.35. The van der Waals surface area contributed by atoms with Crippen LogP contribution < -0.4 is 5.73 Å². The number of hydrogen-bond donors (Lipinski definition) is 1. The molecule has 1 atom stereocenters. The van der Waals surface area contributed by atoms with Crippen molar-refractivity contribution in [1.29, 1.82) is 0 Å². The Bertz CT molecular complexity index is 386. The van der Waals surface area contributed by atoms with Crippen LogP contribution in [-0.4, -0.2) is 29.9 Å². The van der Waals surface area contributed by atoms with Gasteiger partial charge in [-0.3, -0.25) is 4.79 Å². The van der Waals surface area contributed by atoms with E-state index in [1.807, 2.05) is 4.90 Å². The molecule has 1 heterocycles. The van der Waals surface area contributed by atoms with Gasteiger partial charge in [-0.05, 0) is 24.0 Å². The summed E-state index contributed by atoms with van der Waals surface area (Å²) < 4.78 is 0. The minimum Gasteiger partial charge on any atom is -0.341 e. The van der Waals surface area contributed by atoms with Crippen molar-refractivity contribution in [2.45, 2.75) is 32.2 Å². The van der Waals surface area contributed by atoms with Crippen molar-refractivity contribution < 1.29 is 4.79 Å². The molecule has 0 spiro atoms. The van der Waals surface area contributed by atoms with Gasteiger partial charge in [0.1, 0.15) is 0 Å². The molecule has 1 aliphatic heterocycles. The maximum Gasteiger partial charge on any atom is 0.224 e. The predicted molar refractivity (Wildman–Crippen MR) is 68.7 cm³/mol. The van der Waals surface area contributed by atoms with Crippen molar-refractivity contribution in [2.75, 3.05) is 13.1 Å². The van der Waals surface area contributed by atoms with E-state index < -0.39 is 0 Å². The van der Waals surface area contributed by atoms with Crippen LogP contribution in [0.25, 0.3) is 0 Å². The molecule has 3 heteroatoms. The van der Waals surface area contributed by atoms with Gasteiger partial charge in [0.2, 0.25) is 5.91 Å². The van der Waals surface area contributed by atoms with Crippen molar-refractivity contribution in [2.24, 2.45) is 5.73 Å². The highest BCUT2D eigenvalue weighted by atomic mass is 16.2. The van der Waals surface area contributed by atoms with Crippen molar-refractivity contribution in [3.63, 3.8) is 0 Å². The second-order valence-electron chi connectivity index (χ2n) is 4.72. The van der Waals surface area contributed by atoms with Gasteiger partial charge in [-0.2, -0.15) is 0 Å². The number of hydrogen-bond acceptors (Lipinski definition) is 2. The smallest absolute Gasteiger partial charge is 0.224 e.